The van der Waals surface area contributed by atoms with Crippen LogP contribution in [0.5, 0.6) is 5.75 Å². The van der Waals surface area contributed by atoms with E-state index in [0.29, 0.717) is 36.0 Å². The van der Waals surface area contributed by atoms with Gasteiger partial charge in [0.05, 0.1) is 5.02 Å². The first-order valence-electron chi connectivity index (χ1n) is 7.71. The van der Waals surface area contributed by atoms with Gasteiger partial charge in [0.15, 0.2) is 5.82 Å². The zero-order chi connectivity index (χ0) is 17.8. The molecule has 2 aromatic rings. The molecule has 9 nitrogen and oxygen atoms in total. The first-order valence-corrected chi connectivity index (χ1v) is 8.08. The van der Waals surface area contributed by atoms with Crippen molar-refractivity contribution in [3.63, 3.8) is 0 Å². The van der Waals surface area contributed by atoms with Gasteiger partial charge in [-0.25, -0.2) is 9.48 Å². The molecule has 1 fully saturated rings. The van der Waals surface area contributed by atoms with Gasteiger partial charge in [-0.15, -0.1) is 5.10 Å². The minimum Gasteiger partial charge on any atom is -0.484 e. The molecule has 1 atom stereocenters. The number of rotatable bonds is 6. The van der Waals surface area contributed by atoms with E-state index in [0.717, 1.165) is 0 Å². The summed E-state index contributed by atoms with van der Waals surface area (Å²) in [6, 6.07) is 6.19. The average molecular weight is 366 g/mol. The molecule has 1 aliphatic heterocycles. The largest absolute Gasteiger partial charge is 0.484 e. The molecule has 0 spiro atoms. The highest BCUT2D eigenvalue weighted by atomic mass is 35.5. The number of likely N-dealkylation sites (tertiary alicyclic amines) is 1. The van der Waals surface area contributed by atoms with Gasteiger partial charge in [0, 0.05) is 6.54 Å². The smallest absolute Gasteiger partial charge is 0.326 e. The van der Waals surface area contributed by atoms with Gasteiger partial charge in [0.1, 0.15) is 24.9 Å². The zero-order valence-electron chi connectivity index (χ0n) is 13.2. The van der Waals surface area contributed by atoms with Gasteiger partial charge >= 0.3 is 5.97 Å². The van der Waals surface area contributed by atoms with Crippen LogP contribution in [0.4, 0.5) is 0 Å². The first-order chi connectivity index (χ1) is 12.1. The fourth-order valence-electron chi connectivity index (χ4n) is 2.69. The van der Waals surface area contributed by atoms with Crippen LogP contribution in [-0.2, 0) is 22.7 Å². The second kappa shape index (κ2) is 7.47. The summed E-state index contributed by atoms with van der Waals surface area (Å²) in [6.45, 7) is 0.313. The quantitative estimate of drug-likeness (QED) is 0.812. The number of benzene rings is 1. The van der Waals surface area contributed by atoms with Crippen molar-refractivity contribution >= 4 is 23.5 Å². The average Bonchev–Trinajstić information content (AvgIpc) is 3.23. The van der Waals surface area contributed by atoms with Crippen LogP contribution in [0.2, 0.25) is 5.02 Å². The minimum absolute atomic E-state index is 0.0341. The van der Waals surface area contributed by atoms with E-state index in [9.17, 15) is 14.7 Å². The summed E-state index contributed by atoms with van der Waals surface area (Å²) in [6.07, 6.45) is 1.12. The summed E-state index contributed by atoms with van der Waals surface area (Å²) in [5, 5.41) is 20.8. The van der Waals surface area contributed by atoms with Crippen molar-refractivity contribution in [1.82, 2.24) is 25.1 Å². The highest BCUT2D eigenvalue weighted by Crippen LogP contribution is 2.24. The van der Waals surface area contributed by atoms with Crippen LogP contribution in [0.15, 0.2) is 24.3 Å². The third-order valence-corrected chi connectivity index (χ3v) is 4.25. The Morgan fingerprint density at radius 1 is 1.36 bits per heavy atom. The molecular formula is C15H16ClN5O4. The summed E-state index contributed by atoms with van der Waals surface area (Å²) in [4.78, 5) is 24.9. The number of nitrogens with zero attached hydrogens (tertiary/aromatic N) is 5. The predicted molar refractivity (Wildman–Crippen MR) is 86.0 cm³/mol. The molecule has 132 valence electrons. The summed E-state index contributed by atoms with van der Waals surface area (Å²) in [5.74, 6) is -0.504. The van der Waals surface area contributed by atoms with Crippen LogP contribution >= 0.6 is 11.6 Å². The van der Waals surface area contributed by atoms with Crippen LogP contribution in [0.1, 0.15) is 18.7 Å². The number of carbonyl (C=O) groups excluding carboxylic acids is 1. The number of carbonyl (C=O) groups is 2. The lowest BCUT2D eigenvalue weighted by molar-refractivity contribution is -0.148. The Morgan fingerprint density at radius 2 is 2.16 bits per heavy atom. The molecule has 1 unspecified atom stereocenters. The van der Waals surface area contributed by atoms with Gasteiger partial charge < -0.3 is 14.7 Å². The molecule has 1 aromatic heterocycles. The predicted octanol–water partition coefficient (Wildman–Crippen LogP) is 0.981. The Kier molecular flexibility index (Phi) is 5.13. The third kappa shape index (κ3) is 3.87. The van der Waals surface area contributed by atoms with Gasteiger partial charge in [-0.3, -0.25) is 4.79 Å². The lowest BCUT2D eigenvalue weighted by atomic mass is 10.2. The molecule has 1 amide bonds. The van der Waals surface area contributed by atoms with Crippen LogP contribution in [0.3, 0.4) is 0 Å². The van der Waals surface area contributed by atoms with Crippen LogP contribution in [0.25, 0.3) is 0 Å². The number of halogens is 1. The Morgan fingerprint density at radius 3 is 2.92 bits per heavy atom. The van der Waals surface area contributed by atoms with E-state index in [4.69, 9.17) is 16.3 Å². The van der Waals surface area contributed by atoms with Gasteiger partial charge in [-0.2, -0.15) is 0 Å². The second-order valence-electron chi connectivity index (χ2n) is 5.56. The van der Waals surface area contributed by atoms with Crippen LogP contribution < -0.4 is 4.74 Å². The summed E-state index contributed by atoms with van der Waals surface area (Å²) in [5.41, 5.74) is 0. The van der Waals surface area contributed by atoms with E-state index in [1.807, 2.05) is 0 Å². The molecule has 25 heavy (non-hydrogen) atoms. The Labute approximate surface area is 148 Å². The monoisotopic (exact) mass is 365 g/mol. The van der Waals surface area contributed by atoms with E-state index in [2.05, 4.69) is 15.5 Å². The van der Waals surface area contributed by atoms with Crippen molar-refractivity contribution < 1.29 is 19.4 Å². The van der Waals surface area contributed by atoms with E-state index in [1.54, 1.807) is 24.3 Å². The summed E-state index contributed by atoms with van der Waals surface area (Å²) >= 11 is 6.02. The molecule has 1 N–H and O–H groups in total. The van der Waals surface area contributed by atoms with Crippen molar-refractivity contribution in [2.45, 2.75) is 32.0 Å². The molecule has 10 heteroatoms. The second-order valence-corrected chi connectivity index (χ2v) is 5.96. The molecule has 2 heterocycles. The van der Waals surface area contributed by atoms with Gasteiger partial charge in [-0.1, -0.05) is 23.7 Å². The van der Waals surface area contributed by atoms with Gasteiger partial charge in [-0.05, 0) is 35.4 Å². The highest BCUT2D eigenvalue weighted by Gasteiger charge is 2.34. The van der Waals surface area contributed by atoms with E-state index >= 15 is 0 Å². The van der Waals surface area contributed by atoms with Gasteiger partial charge in [0.25, 0.3) is 0 Å². The number of amides is 1. The number of hydrogen-bond acceptors (Lipinski definition) is 6. The topological polar surface area (TPSA) is 110 Å². The molecule has 3 rings (SSSR count). The Balaban J connectivity index is 1.64. The maximum atomic E-state index is 12.4. The number of aliphatic carboxylic acids is 1. The van der Waals surface area contributed by atoms with E-state index in [-0.39, 0.29) is 19.1 Å². The number of para-hydroxylation sites is 1. The SMILES string of the molecule is O=C(O)C1CCCN1C(=O)Cn1nnnc1COc1ccccc1Cl. The number of carboxylic acid groups (broad SMARTS) is 1. The number of hydrogen-bond donors (Lipinski definition) is 1. The molecule has 1 aromatic carbocycles. The van der Waals surface area contributed by atoms with Gasteiger partial charge in [0.2, 0.25) is 5.91 Å². The number of tetrazole rings is 1. The molecule has 1 aliphatic rings. The molecule has 0 aliphatic carbocycles. The molecule has 0 saturated carbocycles. The summed E-state index contributed by atoms with van der Waals surface area (Å²) in [7, 11) is 0. The number of ether oxygens (including phenoxy) is 1. The van der Waals surface area contributed by atoms with E-state index in [1.165, 1.54) is 9.58 Å². The standard InChI is InChI=1S/C15H16ClN5O4/c16-10-4-1-2-6-12(10)25-9-13-17-18-19-21(13)8-14(22)20-7-3-5-11(20)15(23)24/h1-2,4,6,11H,3,5,7-9H2,(H,23,24). The fraction of sp³-hybridized carbons (Fsp3) is 0.400. The molecular weight excluding hydrogens is 350 g/mol. The molecule has 0 radical (unpaired) electrons. The third-order valence-electron chi connectivity index (χ3n) is 3.94. The first kappa shape index (κ1) is 17.2. The minimum atomic E-state index is -0.996. The lowest BCUT2D eigenvalue weighted by Crippen LogP contribution is -2.42. The number of aromatic nitrogens is 4. The normalized spacial score (nSPS) is 16.8. The fourth-order valence-corrected chi connectivity index (χ4v) is 2.88. The lowest BCUT2D eigenvalue weighted by Gasteiger charge is -2.21. The van der Waals surface area contributed by atoms with E-state index < -0.39 is 12.0 Å². The summed E-state index contributed by atoms with van der Waals surface area (Å²) < 4.78 is 6.88. The maximum Gasteiger partial charge on any atom is 0.326 e. The van der Waals surface area contributed by atoms with Crippen molar-refractivity contribution in [2.75, 3.05) is 6.54 Å². The Bertz CT molecular complexity index is 781. The van der Waals surface area contributed by atoms with Crippen molar-refractivity contribution in [2.24, 2.45) is 0 Å². The van der Waals surface area contributed by atoms with Crippen molar-refractivity contribution in [3.8, 4) is 5.75 Å². The van der Waals surface area contributed by atoms with Crippen molar-refractivity contribution in [1.29, 1.82) is 0 Å². The maximum absolute atomic E-state index is 12.4. The van der Waals surface area contributed by atoms with Crippen LogP contribution in [-0.4, -0.2) is 54.7 Å². The molecule has 0 bridgehead atoms. The highest BCUT2D eigenvalue weighted by molar-refractivity contribution is 6.32. The number of carboxylic acids is 1. The molecule has 1 saturated heterocycles. The Hall–Kier alpha value is -2.68. The van der Waals surface area contributed by atoms with Crippen LogP contribution in [0, 0.1) is 0 Å². The zero-order valence-corrected chi connectivity index (χ0v) is 14.0. The van der Waals surface area contributed by atoms with Crippen molar-refractivity contribution in [3.05, 3.63) is 35.1 Å².